The zero-order chi connectivity index (χ0) is 28.6. The Hall–Kier alpha value is -3.38. The summed E-state index contributed by atoms with van der Waals surface area (Å²) in [6.45, 7) is 1.90. The van der Waals surface area contributed by atoms with Gasteiger partial charge in [0.15, 0.2) is 0 Å². The van der Waals surface area contributed by atoms with Crippen LogP contribution in [0.15, 0.2) is 41.3 Å². The molecule has 0 radical (unpaired) electrons. The van der Waals surface area contributed by atoms with E-state index in [1.807, 2.05) is 0 Å². The van der Waals surface area contributed by atoms with E-state index >= 15 is 0 Å². The Morgan fingerprint density at radius 2 is 1.90 bits per heavy atom. The molecule has 1 aliphatic carbocycles. The molecule has 0 unspecified atom stereocenters. The topological polar surface area (TPSA) is 94.4 Å². The third-order valence-corrected chi connectivity index (χ3v) is 8.16. The van der Waals surface area contributed by atoms with E-state index in [-0.39, 0.29) is 51.1 Å². The number of fused-ring (bicyclic) bond motifs is 1. The van der Waals surface area contributed by atoms with Crippen LogP contribution in [0.4, 0.5) is 18.0 Å². The first-order valence-corrected chi connectivity index (χ1v) is 13.9. The maximum absolute atomic E-state index is 13.5. The Balaban J connectivity index is 1.31. The largest absolute Gasteiger partial charge is 0.466 e. The second-order valence-corrected chi connectivity index (χ2v) is 11.0. The number of benzene rings is 2. The van der Waals surface area contributed by atoms with Crippen molar-refractivity contribution < 1.29 is 32.3 Å². The van der Waals surface area contributed by atoms with Gasteiger partial charge in [0.1, 0.15) is 5.52 Å². The maximum Gasteiger partial charge on any atom is 0.416 e. The van der Waals surface area contributed by atoms with Crippen molar-refractivity contribution in [3.8, 4) is 0 Å². The molecule has 210 valence electrons. The van der Waals surface area contributed by atoms with Crippen LogP contribution in [0.5, 0.6) is 0 Å². The van der Waals surface area contributed by atoms with Crippen molar-refractivity contribution in [2.24, 2.45) is 5.92 Å². The average molecular weight is 593 g/mol. The Morgan fingerprint density at radius 1 is 1.15 bits per heavy atom. The number of aromatic nitrogens is 3. The van der Waals surface area contributed by atoms with Gasteiger partial charge in [-0.25, -0.2) is 4.68 Å². The van der Waals surface area contributed by atoms with Gasteiger partial charge in [-0.05, 0) is 85.8 Å². The number of esters is 1. The molecule has 1 saturated carbocycles. The molecule has 13 heteroatoms. The average Bonchev–Trinajstić information content (AvgIpc) is 3.43. The summed E-state index contributed by atoms with van der Waals surface area (Å²) in [6.07, 6.45) is -0.809. The molecule has 0 spiro atoms. The molecule has 40 heavy (non-hydrogen) atoms. The van der Waals surface area contributed by atoms with E-state index in [0.29, 0.717) is 48.9 Å². The van der Waals surface area contributed by atoms with Crippen LogP contribution < -0.4 is 0 Å². The zero-order valence-electron chi connectivity index (χ0n) is 21.3. The second-order valence-electron chi connectivity index (χ2n) is 9.60. The predicted molar refractivity (Wildman–Crippen MR) is 143 cm³/mol. The number of nitrogens with zero attached hydrogens (tertiary/aromatic N) is 4. The van der Waals surface area contributed by atoms with Crippen LogP contribution >= 0.6 is 23.4 Å². The number of hydrogen-bond acceptors (Lipinski definition) is 7. The Bertz CT molecular complexity index is 1520. The molecule has 5 rings (SSSR count). The van der Waals surface area contributed by atoms with Gasteiger partial charge in [0, 0.05) is 11.1 Å². The molecule has 2 aliphatic rings. The van der Waals surface area contributed by atoms with Crippen LogP contribution in [0.3, 0.4) is 0 Å². The van der Waals surface area contributed by atoms with Crippen molar-refractivity contribution in [3.63, 3.8) is 0 Å². The highest BCUT2D eigenvalue weighted by molar-refractivity contribution is 8.18. The normalized spacial score (nSPS) is 21.0. The van der Waals surface area contributed by atoms with Gasteiger partial charge in [-0.2, -0.15) is 13.2 Å². The van der Waals surface area contributed by atoms with E-state index in [1.165, 1.54) is 21.7 Å². The molecular formula is C27H24ClF3N4O4S. The summed E-state index contributed by atoms with van der Waals surface area (Å²) in [5.41, 5.74) is 0.682. The Morgan fingerprint density at radius 3 is 2.60 bits per heavy atom. The Labute approximate surface area is 236 Å². The van der Waals surface area contributed by atoms with Crippen LogP contribution in [0.1, 0.15) is 49.3 Å². The minimum Gasteiger partial charge on any atom is -0.466 e. The first kappa shape index (κ1) is 28.2. The summed E-state index contributed by atoms with van der Waals surface area (Å²) in [5.74, 6) is -0.844. The first-order chi connectivity index (χ1) is 19.0. The van der Waals surface area contributed by atoms with Crippen LogP contribution in [-0.4, -0.2) is 49.7 Å². The summed E-state index contributed by atoms with van der Waals surface area (Å²) in [6, 6.07) is 8.31. The highest BCUT2D eigenvalue weighted by Crippen LogP contribution is 2.39. The monoisotopic (exact) mass is 592 g/mol. The number of alkyl halides is 3. The van der Waals surface area contributed by atoms with Gasteiger partial charge in [-0.3, -0.25) is 19.3 Å². The number of hydrogen-bond donors (Lipinski definition) is 0. The second kappa shape index (κ2) is 11.2. The fraction of sp³-hybridized carbons (Fsp3) is 0.370. The van der Waals surface area contributed by atoms with E-state index in [9.17, 15) is 27.6 Å². The van der Waals surface area contributed by atoms with Crippen molar-refractivity contribution >= 4 is 57.6 Å². The molecule has 3 aromatic rings. The predicted octanol–water partition coefficient (Wildman–Crippen LogP) is 6.31. The van der Waals surface area contributed by atoms with Gasteiger partial charge in [-0.15, -0.1) is 5.10 Å². The van der Waals surface area contributed by atoms with E-state index in [4.69, 9.17) is 16.3 Å². The van der Waals surface area contributed by atoms with Crippen LogP contribution in [0.2, 0.25) is 5.02 Å². The molecule has 0 bridgehead atoms. The summed E-state index contributed by atoms with van der Waals surface area (Å²) in [5, 5.41) is 7.73. The smallest absolute Gasteiger partial charge is 0.416 e. The van der Waals surface area contributed by atoms with Crippen molar-refractivity contribution in [1.29, 1.82) is 0 Å². The van der Waals surface area contributed by atoms with Crippen molar-refractivity contribution in [1.82, 2.24) is 19.9 Å². The standard InChI is InChI=1S/C27H24ClF3N4O4S/c1-2-39-25(37)16-5-8-19(9-6-16)35-24(36)23(40-26(35)38)12-15-3-10-22-21(11-15)32-33-34(22)14-17-4-7-18(28)13-20(17)27(29,30)31/h3-4,7,10-13,16,19H,2,5-6,8-9,14H2,1H3/b23-12-. The SMILES string of the molecule is CCOC(=O)C1CCC(N2C(=O)S/C(=C\c3ccc4c(c3)nnn4Cc3ccc(Cl)cc3C(F)(F)F)C2=O)CC1. The minimum absolute atomic E-state index is 0.00209. The molecule has 1 aromatic heterocycles. The van der Waals surface area contributed by atoms with Gasteiger partial charge in [0.25, 0.3) is 11.1 Å². The molecule has 0 atom stereocenters. The van der Waals surface area contributed by atoms with E-state index in [1.54, 1.807) is 31.2 Å². The molecule has 8 nitrogen and oxygen atoms in total. The number of carbonyl (C=O) groups is 3. The number of ether oxygens (including phenoxy) is 1. The van der Waals surface area contributed by atoms with Gasteiger partial charge < -0.3 is 4.74 Å². The molecule has 2 heterocycles. The lowest BCUT2D eigenvalue weighted by molar-refractivity contribution is -0.149. The number of rotatable bonds is 6. The molecular weight excluding hydrogens is 569 g/mol. The van der Waals surface area contributed by atoms with Gasteiger partial charge in [-0.1, -0.05) is 28.9 Å². The lowest BCUT2D eigenvalue weighted by Gasteiger charge is -2.31. The van der Waals surface area contributed by atoms with E-state index in [2.05, 4.69) is 10.3 Å². The molecule has 1 saturated heterocycles. The zero-order valence-corrected chi connectivity index (χ0v) is 22.9. The third kappa shape index (κ3) is 5.73. The highest BCUT2D eigenvalue weighted by Gasteiger charge is 2.42. The lowest BCUT2D eigenvalue weighted by atomic mass is 9.85. The fourth-order valence-corrected chi connectivity index (χ4v) is 6.15. The number of halogens is 4. The number of amides is 2. The van der Waals surface area contributed by atoms with Crippen LogP contribution in [0, 0.1) is 5.92 Å². The lowest BCUT2D eigenvalue weighted by Crippen LogP contribution is -2.42. The summed E-state index contributed by atoms with van der Waals surface area (Å²) >= 11 is 6.63. The van der Waals surface area contributed by atoms with Gasteiger partial charge in [0.2, 0.25) is 0 Å². The van der Waals surface area contributed by atoms with Gasteiger partial charge in [0.05, 0.1) is 35.1 Å². The fourth-order valence-electron chi connectivity index (χ4n) is 5.08. The maximum atomic E-state index is 13.5. The summed E-state index contributed by atoms with van der Waals surface area (Å²) in [4.78, 5) is 39.4. The molecule has 2 amide bonds. The quantitative estimate of drug-likeness (QED) is 0.244. The van der Waals surface area contributed by atoms with Gasteiger partial charge >= 0.3 is 12.1 Å². The highest BCUT2D eigenvalue weighted by atomic mass is 35.5. The van der Waals surface area contributed by atoms with Crippen molar-refractivity contribution in [2.75, 3.05) is 6.61 Å². The van der Waals surface area contributed by atoms with E-state index < -0.39 is 11.7 Å². The molecule has 0 N–H and O–H groups in total. The summed E-state index contributed by atoms with van der Waals surface area (Å²) in [7, 11) is 0. The van der Waals surface area contributed by atoms with Crippen LogP contribution in [-0.2, 0) is 27.0 Å². The van der Waals surface area contributed by atoms with Crippen molar-refractivity contribution in [2.45, 2.75) is 51.4 Å². The first-order valence-electron chi connectivity index (χ1n) is 12.7. The minimum atomic E-state index is -4.58. The summed E-state index contributed by atoms with van der Waals surface area (Å²) < 4.78 is 47.0. The Kier molecular flexibility index (Phi) is 7.92. The number of imide groups is 1. The molecule has 2 aromatic carbocycles. The molecule has 1 aliphatic heterocycles. The number of thioether (sulfide) groups is 1. The van der Waals surface area contributed by atoms with Crippen molar-refractivity contribution in [3.05, 3.63) is 63.0 Å². The molecule has 2 fully saturated rings. The van der Waals surface area contributed by atoms with E-state index in [0.717, 1.165) is 17.8 Å². The third-order valence-electron chi connectivity index (χ3n) is 7.04. The number of carbonyl (C=O) groups excluding carboxylic acids is 3. The van der Waals surface area contributed by atoms with Crippen LogP contribution in [0.25, 0.3) is 17.1 Å².